The van der Waals surface area contributed by atoms with Gasteiger partial charge in [-0.3, -0.25) is 14.6 Å². The second-order valence-corrected chi connectivity index (χ2v) is 6.56. The fourth-order valence-corrected chi connectivity index (χ4v) is 3.24. The van der Waals surface area contributed by atoms with Crippen molar-refractivity contribution in [1.82, 2.24) is 9.88 Å². The molecule has 6 heteroatoms. The molecule has 1 unspecified atom stereocenters. The highest BCUT2D eigenvalue weighted by Crippen LogP contribution is 2.39. The zero-order valence-corrected chi connectivity index (χ0v) is 15.6. The van der Waals surface area contributed by atoms with Gasteiger partial charge < -0.3 is 14.7 Å². The lowest BCUT2D eigenvalue weighted by Crippen LogP contribution is -2.32. The van der Waals surface area contributed by atoms with Crippen molar-refractivity contribution in [3.8, 4) is 0 Å². The van der Waals surface area contributed by atoms with Gasteiger partial charge in [0.15, 0.2) is 0 Å². The number of aliphatic hydroxyl groups excluding tert-OH is 1. The molecule has 1 aliphatic rings. The Labute approximate surface area is 158 Å². The van der Waals surface area contributed by atoms with E-state index in [0.29, 0.717) is 11.1 Å². The number of aliphatic hydroxyl groups is 1. The van der Waals surface area contributed by atoms with E-state index in [1.54, 1.807) is 30.6 Å². The van der Waals surface area contributed by atoms with Crippen molar-refractivity contribution in [1.29, 1.82) is 0 Å². The van der Waals surface area contributed by atoms with Crippen molar-refractivity contribution in [3.63, 3.8) is 0 Å². The lowest BCUT2D eigenvalue weighted by Gasteiger charge is -2.24. The number of ketones is 1. The van der Waals surface area contributed by atoms with E-state index >= 15 is 0 Å². The highest BCUT2D eigenvalue weighted by atomic mass is 16.5. The average molecular weight is 366 g/mol. The number of likely N-dealkylation sites (tertiary alicyclic amines) is 1. The first-order valence-corrected chi connectivity index (χ1v) is 8.70. The van der Waals surface area contributed by atoms with Crippen molar-refractivity contribution in [2.24, 2.45) is 0 Å². The van der Waals surface area contributed by atoms with Crippen LogP contribution in [0.2, 0.25) is 0 Å². The molecule has 0 saturated carbocycles. The Bertz CT molecular complexity index is 906. The summed E-state index contributed by atoms with van der Waals surface area (Å²) in [7, 11) is 1.53. The van der Waals surface area contributed by atoms with Gasteiger partial charge in [-0.05, 0) is 48.7 Å². The van der Waals surface area contributed by atoms with Gasteiger partial charge in [-0.2, -0.15) is 0 Å². The van der Waals surface area contributed by atoms with Crippen LogP contribution in [-0.4, -0.2) is 46.9 Å². The van der Waals surface area contributed by atoms with Gasteiger partial charge in [0.1, 0.15) is 5.76 Å². The van der Waals surface area contributed by atoms with Crippen LogP contribution in [0.25, 0.3) is 5.76 Å². The molecule has 6 nitrogen and oxygen atoms in total. The van der Waals surface area contributed by atoms with Gasteiger partial charge in [0.25, 0.3) is 11.7 Å². The number of benzene rings is 1. The van der Waals surface area contributed by atoms with E-state index in [9.17, 15) is 14.7 Å². The van der Waals surface area contributed by atoms with Gasteiger partial charge in [-0.25, -0.2) is 0 Å². The summed E-state index contributed by atoms with van der Waals surface area (Å²) in [6, 6.07) is 8.26. The third-order valence-corrected chi connectivity index (χ3v) is 4.88. The summed E-state index contributed by atoms with van der Waals surface area (Å²) in [4.78, 5) is 30.8. The van der Waals surface area contributed by atoms with E-state index in [0.717, 1.165) is 11.1 Å². The Balaban J connectivity index is 2.16. The van der Waals surface area contributed by atoms with Crippen molar-refractivity contribution >= 4 is 17.4 Å². The molecule has 1 amide bonds. The molecule has 0 spiro atoms. The number of aromatic nitrogens is 1. The molecular weight excluding hydrogens is 344 g/mol. The number of methoxy groups -OCH3 is 1. The second kappa shape index (κ2) is 7.72. The zero-order chi connectivity index (χ0) is 19.6. The standard InChI is InChI=1S/C21H22N2O4/c1-13-4-5-16(12-14(13)2)19(24)17-18(15-6-8-22-9-7-15)23(10-11-27-3)21(26)20(17)25/h4-9,12,18,24H,10-11H2,1-3H3/b19-17-. The number of carbonyl (C=O) groups is 2. The van der Waals surface area contributed by atoms with Gasteiger partial charge in [-0.1, -0.05) is 12.1 Å². The molecule has 1 saturated heterocycles. The summed E-state index contributed by atoms with van der Waals surface area (Å²) < 4.78 is 5.08. The number of hydrogen-bond acceptors (Lipinski definition) is 5. The Morgan fingerprint density at radius 2 is 1.85 bits per heavy atom. The highest BCUT2D eigenvalue weighted by molar-refractivity contribution is 6.46. The zero-order valence-electron chi connectivity index (χ0n) is 15.6. The molecule has 1 aromatic carbocycles. The molecule has 0 bridgehead atoms. The van der Waals surface area contributed by atoms with Crippen molar-refractivity contribution in [2.75, 3.05) is 20.3 Å². The number of pyridine rings is 1. The Hall–Kier alpha value is -2.99. The number of ether oxygens (including phenoxy) is 1. The molecule has 1 aliphatic heterocycles. The summed E-state index contributed by atoms with van der Waals surface area (Å²) in [6.07, 6.45) is 3.20. The molecule has 27 heavy (non-hydrogen) atoms. The first-order valence-electron chi connectivity index (χ1n) is 8.70. The van der Waals surface area contributed by atoms with Gasteiger partial charge >= 0.3 is 0 Å². The van der Waals surface area contributed by atoms with Gasteiger partial charge in [-0.15, -0.1) is 0 Å². The number of amides is 1. The predicted octanol–water partition coefficient (Wildman–Crippen LogP) is 2.77. The van der Waals surface area contributed by atoms with Crippen LogP contribution >= 0.6 is 0 Å². The lowest BCUT2D eigenvalue weighted by atomic mass is 9.95. The Kier molecular flexibility index (Phi) is 5.37. The SMILES string of the molecule is COCCN1C(=O)C(=O)/C(=C(\O)c2ccc(C)c(C)c2)C1c1ccncc1. The van der Waals surface area contributed by atoms with E-state index < -0.39 is 17.7 Å². The molecule has 1 fully saturated rings. The lowest BCUT2D eigenvalue weighted by molar-refractivity contribution is -0.140. The van der Waals surface area contributed by atoms with Gasteiger partial charge in [0, 0.05) is 31.6 Å². The monoisotopic (exact) mass is 366 g/mol. The fraction of sp³-hybridized carbons (Fsp3) is 0.286. The first-order chi connectivity index (χ1) is 13.0. The smallest absolute Gasteiger partial charge is 0.295 e. The maximum absolute atomic E-state index is 12.8. The molecule has 140 valence electrons. The topological polar surface area (TPSA) is 79.7 Å². The molecule has 3 rings (SSSR count). The number of aryl methyl sites for hydroxylation is 2. The van der Waals surface area contributed by atoms with Gasteiger partial charge in [0.05, 0.1) is 18.2 Å². The van der Waals surface area contributed by atoms with E-state index in [2.05, 4.69) is 4.98 Å². The molecule has 1 atom stereocenters. The van der Waals surface area contributed by atoms with Crippen LogP contribution in [0, 0.1) is 13.8 Å². The summed E-state index contributed by atoms with van der Waals surface area (Å²) in [5.74, 6) is -1.50. The third kappa shape index (κ3) is 3.48. The molecule has 0 aliphatic carbocycles. The number of Topliss-reactive ketones (excluding diaryl/α,β-unsaturated/α-hetero) is 1. The number of hydrogen-bond donors (Lipinski definition) is 1. The molecular formula is C21H22N2O4. The van der Waals surface area contributed by atoms with Crippen molar-refractivity contribution < 1.29 is 19.4 Å². The van der Waals surface area contributed by atoms with Crippen molar-refractivity contribution in [3.05, 3.63) is 70.6 Å². The normalized spacial score (nSPS) is 18.9. The third-order valence-electron chi connectivity index (χ3n) is 4.88. The molecule has 0 radical (unpaired) electrons. The average Bonchev–Trinajstić information content (AvgIpc) is 2.93. The summed E-state index contributed by atoms with van der Waals surface area (Å²) in [6.45, 7) is 4.44. The number of nitrogens with zero attached hydrogens (tertiary/aromatic N) is 2. The van der Waals surface area contributed by atoms with E-state index in [1.165, 1.54) is 12.0 Å². The van der Waals surface area contributed by atoms with Gasteiger partial charge in [0.2, 0.25) is 0 Å². The number of rotatable bonds is 5. The maximum atomic E-state index is 12.8. The van der Waals surface area contributed by atoms with Crippen LogP contribution in [0.1, 0.15) is 28.3 Å². The first kappa shape index (κ1) is 18.8. The van der Waals surface area contributed by atoms with Crippen molar-refractivity contribution in [2.45, 2.75) is 19.9 Å². The maximum Gasteiger partial charge on any atom is 0.295 e. The van der Waals surface area contributed by atoms with Crippen LogP contribution < -0.4 is 0 Å². The fourth-order valence-electron chi connectivity index (χ4n) is 3.24. The molecule has 1 N–H and O–H groups in total. The minimum atomic E-state index is -0.691. The summed E-state index contributed by atoms with van der Waals surface area (Å²) in [5.41, 5.74) is 3.39. The largest absolute Gasteiger partial charge is 0.507 e. The summed E-state index contributed by atoms with van der Waals surface area (Å²) >= 11 is 0. The van der Waals surface area contributed by atoms with Crippen LogP contribution in [0.4, 0.5) is 0 Å². The highest BCUT2D eigenvalue weighted by Gasteiger charge is 2.45. The quantitative estimate of drug-likeness (QED) is 0.500. The summed E-state index contributed by atoms with van der Waals surface area (Å²) in [5, 5.41) is 10.9. The van der Waals surface area contributed by atoms with E-state index in [-0.39, 0.29) is 24.5 Å². The van der Waals surface area contributed by atoms with E-state index in [1.807, 2.05) is 26.0 Å². The minimum absolute atomic E-state index is 0.0885. The number of carbonyl (C=O) groups excluding carboxylic acids is 2. The minimum Gasteiger partial charge on any atom is -0.507 e. The Morgan fingerprint density at radius 3 is 2.48 bits per heavy atom. The molecule has 2 aromatic rings. The van der Waals surface area contributed by atoms with E-state index in [4.69, 9.17) is 4.74 Å². The molecule has 1 aromatic heterocycles. The van der Waals surface area contributed by atoms with Crippen LogP contribution in [0.3, 0.4) is 0 Å². The van der Waals surface area contributed by atoms with Crippen LogP contribution in [0.15, 0.2) is 48.3 Å². The Morgan fingerprint density at radius 1 is 1.15 bits per heavy atom. The van der Waals surface area contributed by atoms with Crippen LogP contribution in [-0.2, 0) is 14.3 Å². The molecule has 2 heterocycles. The second-order valence-electron chi connectivity index (χ2n) is 6.56. The van der Waals surface area contributed by atoms with Crippen LogP contribution in [0.5, 0.6) is 0 Å². The predicted molar refractivity (Wildman–Crippen MR) is 101 cm³/mol.